The molecule has 0 spiro atoms. The van der Waals surface area contributed by atoms with Gasteiger partial charge in [0.2, 0.25) is 0 Å². The number of benzene rings is 1. The van der Waals surface area contributed by atoms with E-state index in [4.69, 9.17) is 26.4 Å². The Morgan fingerprint density at radius 3 is 2.42 bits per heavy atom. The summed E-state index contributed by atoms with van der Waals surface area (Å²) in [5, 5.41) is 10.4. The van der Waals surface area contributed by atoms with Crippen molar-refractivity contribution in [3.63, 3.8) is 0 Å². The van der Waals surface area contributed by atoms with Gasteiger partial charge in [0.1, 0.15) is 17.1 Å². The van der Waals surface area contributed by atoms with Gasteiger partial charge in [-0.3, -0.25) is 0 Å². The lowest BCUT2D eigenvalue weighted by Gasteiger charge is -2.20. The Balaban J connectivity index is 2.00. The first-order valence-corrected chi connectivity index (χ1v) is 9.98. The lowest BCUT2D eigenvalue weighted by molar-refractivity contribution is 0.245. The third kappa shape index (κ3) is 6.03. The molecule has 1 heterocycles. The molecule has 2 aromatic rings. The van der Waals surface area contributed by atoms with Gasteiger partial charge in [0.15, 0.2) is 0 Å². The van der Waals surface area contributed by atoms with E-state index in [0.717, 1.165) is 48.3 Å². The summed E-state index contributed by atoms with van der Waals surface area (Å²) in [4.78, 5) is 7.00. The summed E-state index contributed by atoms with van der Waals surface area (Å²) in [6.45, 7) is 5.30. The summed E-state index contributed by atoms with van der Waals surface area (Å²) < 4.78 is 5.91. The first kappa shape index (κ1) is 20.8. The highest BCUT2D eigenvalue weighted by molar-refractivity contribution is 6.35. The first-order chi connectivity index (χ1) is 12.5. The predicted molar refractivity (Wildman–Crippen MR) is 111 cm³/mol. The molecular weight excluding hydrogens is 348 g/mol. The molecule has 0 aliphatic heterocycles. The molecule has 0 aliphatic rings. The van der Waals surface area contributed by atoms with Crippen LogP contribution < -0.4 is 9.64 Å². The number of fused-ring (bicyclic) bond motifs is 1. The number of anilines is 1. The Morgan fingerprint density at radius 2 is 1.73 bits per heavy atom. The van der Waals surface area contributed by atoms with E-state index in [9.17, 15) is 0 Å². The Bertz CT molecular complexity index is 691. The molecule has 2 rings (SSSR count). The van der Waals surface area contributed by atoms with E-state index < -0.39 is 0 Å². The minimum atomic E-state index is 0.0911. The predicted octanol–water partition coefficient (Wildman–Crippen LogP) is 5.44. The van der Waals surface area contributed by atoms with Crippen LogP contribution in [0.4, 0.5) is 5.82 Å². The molecule has 0 fully saturated rings. The zero-order valence-corrected chi connectivity index (χ0v) is 16.9. The van der Waals surface area contributed by atoms with Crippen molar-refractivity contribution < 1.29 is 9.84 Å². The van der Waals surface area contributed by atoms with Gasteiger partial charge in [-0.2, -0.15) is 0 Å². The molecule has 0 aliphatic carbocycles. The van der Waals surface area contributed by atoms with E-state index >= 15 is 0 Å². The molecule has 26 heavy (non-hydrogen) atoms. The maximum Gasteiger partial charge on any atom is 0.146 e. The molecule has 1 aromatic carbocycles. The van der Waals surface area contributed by atoms with Crippen molar-refractivity contribution in [3.05, 3.63) is 29.3 Å². The Hall–Kier alpha value is -1.52. The van der Waals surface area contributed by atoms with Crippen LogP contribution in [0.2, 0.25) is 5.02 Å². The van der Waals surface area contributed by atoms with Gasteiger partial charge in [0.25, 0.3) is 0 Å². The summed E-state index contributed by atoms with van der Waals surface area (Å²) in [5.74, 6) is 1.71. The molecule has 5 heteroatoms. The highest BCUT2D eigenvalue weighted by atomic mass is 35.5. The van der Waals surface area contributed by atoms with Gasteiger partial charge in [-0.25, -0.2) is 4.98 Å². The highest BCUT2D eigenvalue weighted by Gasteiger charge is 2.11. The number of hydrogen-bond acceptors (Lipinski definition) is 4. The van der Waals surface area contributed by atoms with Crippen LogP contribution in [0.25, 0.3) is 10.9 Å². The van der Waals surface area contributed by atoms with Crippen LogP contribution in [0.5, 0.6) is 5.75 Å². The van der Waals surface area contributed by atoms with Crippen LogP contribution in [0.3, 0.4) is 0 Å². The molecule has 0 saturated carbocycles. The van der Waals surface area contributed by atoms with E-state index in [-0.39, 0.29) is 6.10 Å². The molecule has 4 nitrogen and oxygen atoms in total. The summed E-state index contributed by atoms with van der Waals surface area (Å²) in [7, 11) is 2.08. The molecule has 0 saturated heterocycles. The van der Waals surface area contributed by atoms with Crippen molar-refractivity contribution in [1.82, 2.24) is 4.98 Å². The van der Waals surface area contributed by atoms with Crippen molar-refractivity contribution >= 4 is 28.3 Å². The Kier molecular flexibility index (Phi) is 8.46. The van der Waals surface area contributed by atoms with Crippen LogP contribution in [0.1, 0.15) is 52.4 Å². The molecule has 1 aromatic heterocycles. The van der Waals surface area contributed by atoms with E-state index in [1.165, 1.54) is 19.3 Å². The van der Waals surface area contributed by atoms with E-state index in [0.29, 0.717) is 11.6 Å². The molecule has 0 bridgehead atoms. The van der Waals surface area contributed by atoms with Crippen LogP contribution >= 0.6 is 11.6 Å². The van der Waals surface area contributed by atoms with Gasteiger partial charge in [-0.05, 0) is 51.0 Å². The second-order valence-corrected chi connectivity index (χ2v) is 7.45. The van der Waals surface area contributed by atoms with E-state index in [2.05, 4.69) is 11.9 Å². The van der Waals surface area contributed by atoms with Crippen molar-refractivity contribution in [2.75, 3.05) is 25.1 Å². The fourth-order valence-corrected chi connectivity index (χ4v) is 3.21. The number of nitrogens with zero attached hydrogens (tertiary/aromatic N) is 2. The van der Waals surface area contributed by atoms with Crippen molar-refractivity contribution in [1.29, 1.82) is 0 Å². The third-order valence-electron chi connectivity index (χ3n) is 4.41. The first-order valence-electron chi connectivity index (χ1n) is 9.61. The SMILES string of the molecule is CC(C)Oc1ccc(Cl)c2ccc(N(C)CCCCCCCCO)nc12. The topological polar surface area (TPSA) is 45.6 Å². The zero-order valence-electron chi connectivity index (χ0n) is 16.2. The third-order valence-corrected chi connectivity index (χ3v) is 4.74. The normalized spacial score (nSPS) is 11.3. The minimum absolute atomic E-state index is 0.0911. The summed E-state index contributed by atoms with van der Waals surface area (Å²) in [6.07, 6.45) is 6.90. The minimum Gasteiger partial charge on any atom is -0.489 e. The van der Waals surface area contributed by atoms with Gasteiger partial charge in [0.05, 0.1) is 11.1 Å². The van der Waals surface area contributed by atoms with E-state index in [1.54, 1.807) is 0 Å². The standard InChI is InChI=1S/C21H31ClN2O2/c1-16(2)26-19-12-11-18(22)17-10-13-20(23-21(17)19)24(3)14-8-6-4-5-7-9-15-25/h10-13,16,25H,4-9,14-15H2,1-3H3. The lowest BCUT2D eigenvalue weighted by Crippen LogP contribution is -2.19. The van der Waals surface area contributed by atoms with Crippen LogP contribution in [-0.2, 0) is 0 Å². The van der Waals surface area contributed by atoms with E-state index in [1.807, 2.05) is 38.1 Å². The molecule has 0 unspecified atom stereocenters. The number of hydrogen-bond donors (Lipinski definition) is 1. The average Bonchev–Trinajstić information content (AvgIpc) is 2.62. The molecular formula is C21H31ClN2O2. The van der Waals surface area contributed by atoms with Gasteiger partial charge in [-0.15, -0.1) is 0 Å². The number of rotatable bonds is 11. The largest absolute Gasteiger partial charge is 0.489 e. The number of unbranched alkanes of at least 4 members (excludes halogenated alkanes) is 5. The Labute approximate surface area is 162 Å². The zero-order chi connectivity index (χ0) is 18.9. The summed E-state index contributed by atoms with van der Waals surface area (Å²) in [6, 6.07) is 7.81. The monoisotopic (exact) mass is 378 g/mol. The molecule has 0 radical (unpaired) electrons. The molecule has 0 atom stereocenters. The van der Waals surface area contributed by atoms with Gasteiger partial charge in [0, 0.05) is 25.6 Å². The quantitative estimate of drug-likeness (QED) is 0.528. The molecule has 144 valence electrons. The molecule has 0 amide bonds. The second kappa shape index (κ2) is 10.6. The van der Waals surface area contributed by atoms with Crippen LogP contribution in [0.15, 0.2) is 24.3 Å². The van der Waals surface area contributed by atoms with Gasteiger partial charge < -0.3 is 14.7 Å². The number of aliphatic hydroxyl groups excluding tert-OH is 1. The number of pyridine rings is 1. The number of aliphatic hydroxyl groups is 1. The fourth-order valence-electron chi connectivity index (χ4n) is 2.99. The van der Waals surface area contributed by atoms with Crippen molar-refractivity contribution in [3.8, 4) is 5.75 Å². The van der Waals surface area contributed by atoms with Crippen LogP contribution in [-0.4, -0.2) is 36.4 Å². The number of ether oxygens (including phenoxy) is 1. The summed E-state index contributed by atoms with van der Waals surface area (Å²) in [5.41, 5.74) is 0.819. The molecule has 1 N–H and O–H groups in total. The number of halogens is 1. The van der Waals surface area contributed by atoms with Crippen molar-refractivity contribution in [2.45, 2.75) is 58.5 Å². The maximum atomic E-state index is 8.80. The van der Waals surface area contributed by atoms with Crippen LogP contribution in [0, 0.1) is 0 Å². The number of aromatic nitrogens is 1. The lowest BCUT2D eigenvalue weighted by atomic mass is 10.1. The Morgan fingerprint density at radius 1 is 1.04 bits per heavy atom. The van der Waals surface area contributed by atoms with Crippen molar-refractivity contribution in [2.24, 2.45) is 0 Å². The fraction of sp³-hybridized carbons (Fsp3) is 0.571. The maximum absolute atomic E-state index is 8.80. The van der Waals surface area contributed by atoms with Gasteiger partial charge >= 0.3 is 0 Å². The average molecular weight is 379 g/mol. The highest BCUT2D eigenvalue weighted by Crippen LogP contribution is 2.32. The second-order valence-electron chi connectivity index (χ2n) is 7.04. The summed E-state index contributed by atoms with van der Waals surface area (Å²) >= 11 is 6.33. The van der Waals surface area contributed by atoms with Gasteiger partial charge in [-0.1, -0.05) is 37.3 Å². The smallest absolute Gasteiger partial charge is 0.146 e.